The molecular formula is C30H56NO2+. The highest BCUT2D eigenvalue weighted by Crippen LogP contribution is 2.68. The van der Waals surface area contributed by atoms with Gasteiger partial charge in [-0.1, -0.05) is 20.8 Å². The Morgan fingerprint density at radius 1 is 0.879 bits per heavy atom. The van der Waals surface area contributed by atoms with E-state index in [9.17, 15) is 10.2 Å². The number of rotatable bonds is 8. The summed E-state index contributed by atoms with van der Waals surface area (Å²) in [5.41, 5.74) is 0.458. The lowest BCUT2D eigenvalue weighted by atomic mass is 9.43. The van der Waals surface area contributed by atoms with Crippen LogP contribution in [0, 0.1) is 46.3 Å². The van der Waals surface area contributed by atoms with Crippen molar-refractivity contribution in [3.8, 4) is 0 Å². The Bertz CT molecular complexity index is 653. The van der Waals surface area contributed by atoms with E-state index < -0.39 is 0 Å². The van der Waals surface area contributed by atoms with Crippen LogP contribution in [-0.4, -0.2) is 53.1 Å². The van der Waals surface area contributed by atoms with Gasteiger partial charge in [0.15, 0.2) is 0 Å². The van der Waals surface area contributed by atoms with E-state index in [-0.39, 0.29) is 17.6 Å². The predicted molar refractivity (Wildman–Crippen MR) is 138 cm³/mol. The molecule has 192 valence electrons. The van der Waals surface area contributed by atoms with E-state index in [1.165, 1.54) is 75.6 Å². The first kappa shape index (κ1) is 26.0. The SMILES string of the molecule is CC[N+](CC)(CC)CCC[C@@H](C)[C@H]1CC[C@H]2[C@@H]3CC[C@@H]4C[C@H](O)CC[C@]4(C)[C@H]3C[C@H](O)[C@]12C. The molecule has 3 heteroatoms. The quantitative estimate of drug-likeness (QED) is 0.417. The number of hydrogen-bond donors (Lipinski definition) is 2. The first-order chi connectivity index (χ1) is 15.6. The highest BCUT2D eigenvalue weighted by Gasteiger charge is 2.63. The number of quaternary nitrogens is 1. The van der Waals surface area contributed by atoms with Gasteiger partial charge in [0.05, 0.1) is 38.4 Å². The topological polar surface area (TPSA) is 40.5 Å². The van der Waals surface area contributed by atoms with Crippen LogP contribution in [0.25, 0.3) is 0 Å². The molecule has 0 radical (unpaired) electrons. The van der Waals surface area contributed by atoms with Gasteiger partial charge in [-0.2, -0.15) is 0 Å². The molecule has 4 aliphatic rings. The van der Waals surface area contributed by atoms with Gasteiger partial charge in [-0.3, -0.25) is 0 Å². The highest BCUT2D eigenvalue weighted by molar-refractivity contribution is 5.12. The Hall–Kier alpha value is -0.120. The Labute approximate surface area is 205 Å². The zero-order chi connectivity index (χ0) is 24.0. The zero-order valence-electron chi connectivity index (χ0n) is 22.9. The summed E-state index contributed by atoms with van der Waals surface area (Å²) in [6, 6.07) is 0. The minimum Gasteiger partial charge on any atom is -0.393 e. The smallest absolute Gasteiger partial charge is 0.0786 e. The van der Waals surface area contributed by atoms with Crippen LogP contribution in [0.4, 0.5) is 0 Å². The van der Waals surface area contributed by atoms with Gasteiger partial charge < -0.3 is 14.7 Å². The van der Waals surface area contributed by atoms with E-state index in [2.05, 4.69) is 41.5 Å². The average molecular weight is 463 g/mol. The van der Waals surface area contributed by atoms with Crippen LogP contribution in [0.15, 0.2) is 0 Å². The van der Waals surface area contributed by atoms with Crippen LogP contribution in [-0.2, 0) is 0 Å². The molecule has 3 nitrogen and oxygen atoms in total. The monoisotopic (exact) mass is 462 g/mol. The van der Waals surface area contributed by atoms with Crippen molar-refractivity contribution in [2.24, 2.45) is 46.3 Å². The molecule has 2 N–H and O–H groups in total. The van der Waals surface area contributed by atoms with Crippen molar-refractivity contribution < 1.29 is 14.7 Å². The van der Waals surface area contributed by atoms with Gasteiger partial charge in [0, 0.05) is 0 Å². The molecule has 4 aliphatic carbocycles. The van der Waals surface area contributed by atoms with Gasteiger partial charge in [-0.15, -0.1) is 0 Å². The second-order valence-corrected chi connectivity index (χ2v) is 13.5. The molecule has 10 atom stereocenters. The normalized spacial score (nSPS) is 46.4. The lowest BCUT2D eigenvalue weighted by molar-refractivity contribution is -0.923. The van der Waals surface area contributed by atoms with E-state index in [4.69, 9.17) is 0 Å². The minimum atomic E-state index is -0.141. The van der Waals surface area contributed by atoms with Crippen LogP contribution in [0.3, 0.4) is 0 Å². The summed E-state index contributed by atoms with van der Waals surface area (Å²) < 4.78 is 1.26. The fraction of sp³-hybridized carbons (Fsp3) is 1.00. The van der Waals surface area contributed by atoms with Gasteiger partial charge in [0.2, 0.25) is 0 Å². The summed E-state index contributed by atoms with van der Waals surface area (Å²) in [6.45, 7) is 19.7. The van der Waals surface area contributed by atoms with E-state index in [0.717, 1.165) is 31.1 Å². The largest absolute Gasteiger partial charge is 0.393 e. The van der Waals surface area contributed by atoms with Crippen LogP contribution in [0.2, 0.25) is 0 Å². The standard InChI is InChI=1S/C30H56NO2/c1-7-31(8-2,9-3)18-10-11-21(4)25-14-15-26-24-13-12-22-19-23(32)16-17-29(22,5)27(24)20-28(33)30(25,26)6/h21-28,32-33H,7-20H2,1-6H3/q+1/t21-,22-,23-,24+,25-,26+,27+,28+,29+,30-/m1/s1. The third kappa shape index (κ3) is 4.25. The number of aliphatic hydroxyl groups excluding tert-OH is 2. The maximum atomic E-state index is 11.8. The van der Waals surface area contributed by atoms with Crippen molar-refractivity contribution in [1.82, 2.24) is 0 Å². The maximum Gasteiger partial charge on any atom is 0.0786 e. The fourth-order valence-corrected chi connectivity index (χ4v) is 10.3. The Kier molecular flexibility index (Phi) is 7.66. The second kappa shape index (κ2) is 9.74. The molecule has 0 spiro atoms. The van der Waals surface area contributed by atoms with Gasteiger partial charge in [0.1, 0.15) is 0 Å². The van der Waals surface area contributed by atoms with Crippen molar-refractivity contribution in [2.75, 3.05) is 26.2 Å². The molecule has 0 aromatic rings. The Morgan fingerprint density at radius 3 is 2.24 bits per heavy atom. The van der Waals surface area contributed by atoms with Crippen LogP contribution >= 0.6 is 0 Å². The van der Waals surface area contributed by atoms with Crippen molar-refractivity contribution >= 4 is 0 Å². The fourth-order valence-electron chi connectivity index (χ4n) is 10.3. The van der Waals surface area contributed by atoms with Gasteiger partial charge in [-0.05, 0) is 131 Å². The molecule has 33 heavy (non-hydrogen) atoms. The average Bonchev–Trinajstić information content (AvgIpc) is 3.17. The summed E-state index contributed by atoms with van der Waals surface area (Å²) in [5, 5.41) is 22.1. The van der Waals surface area contributed by atoms with Crippen molar-refractivity contribution in [2.45, 2.75) is 118 Å². The zero-order valence-corrected chi connectivity index (χ0v) is 22.9. The Morgan fingerprint density at radius 2 is 1.58 bits per heavy atom. The first-order valence-corrected chi connectivity index (χ1v) is 14.9. The molecule has 0 aliphatic heterocycles. The molecule has 0 aromatic heterocycles. The molecule has 4 fully saturated rings. The van der Waals surface area contributed by atoms with Crippen molar-refractivity contribution in [3.63, 3.8) is 0 Å². The number of nitrogens with zero attached hydrogens (tertiary/aromatic N) is 1. The molecule has 0 amide bonds. The number of aliphatic hydroxyl groups is 2. The predicted octanol–water partition coefficient (Wildman–Crippen LogP) is 6.27. The minimum absolute atomic E-state index is 0.0828. The van der Waals surface area contributed by atoms with E-state index in [0.29, 0.717) is 29.1 Å². The molecule has 0 saturated heterocycles. The van der Waals surface area contributed by atoms with Gasteiger partial charge in [-0.25, -0.2) is 0 Å². The van der Waals surface area contributed by atoms with E-state index >= 15 is 0 Å². The molecule has 0 bridgehead atoms. The third-order valence-electron chi connectivity index (χ3n) is 12.8. The summed E-state index contributed by atoms with van der Waals surface area (Å²) in [5.74, 6) is 4.25. The number of hydrogen-bond acceptors (Lipinski definition) is 2. The maximum absolute atomic E-state index is 11.8. The first-order valence-electron chi connectivity index (χ1n) is 14.9. The molecule has 0 unspecified atom stereocenters. The van der Waals surface area contributed by atoms with Gasteiger partial charge >= 0.3 is 0 Å². The highest BCUT2D eigenvalue weighted by atomic mass is 16.3. The third-order valence-corrected chi connectivity index (χ3v) is 12.8. The molecule has 4 saturated carbocycles. The van der Waals surface area contributed by atoms with Crippen LogP contribution in [0.1, 0.15) is 106 Å². The summed E-state index contributed by atoms with van der Waals surface area (Å²) in [7, 11) is 0. The molecular weight excluding hydrogens is 406 g/mol. The summed E-state index contributed by atoms with van der Waals surface area (Å²) >= 11 is 0. The molecule has 0 heterocycles. The lowest BCUT2D eigenvalue weighted by Crippen LogP contribution is -2.58. The Balaban J connectivity index is 1.45. The van der Waals surface area contributed by atoms with E-state index in [1.54, 1.807) is 0 Å². The van der Waals surface area contributed by atoms with Crippen molar-refractivity contribution in [3.05, 3.63) is 0 Å². The second-order valence-electron chi connectivity index (χ2n) is 13.5. The number of fused-ring (bicyclic) bond motifs is 5. The summed E-state index contributed by atoms with van der Waals surface area (Å²) in [4.78, 5) is 0. The van der Waals surface area contributed by atoms with E-state index in [1.807, 2.05) is 0 Å². The molecule has 4 rings (SSSR count). The van der Waals surface area contributed by atoms with Gasteiger partial charge in [0.25, 0.3) is 0 Å². The summed E-state index contributed by atoms with van der Waals surface area (Å²) in [6.07, 6.45) is 11.9. The lowest BCUT2D eigenvalue weighted by Gasteiger charge is -2.62. The van der Waals surface area contributed by atoms with Crippen molar-refractivity contribution in [1.29, 1.82) is 0 Å². The van der Waals surface area contributed by atoms with Crippen LogP contribution < -0.4 is 0 Å². The molecule has 0 aromatic carbocycles. The van der Waals surface area contributed by atoms with Crippen LogP contribution in [0.5, 0.6) is 0 Å².